The van der Waals surface area contributed by atoms with Crippen LogP contribution in [-0.2, 0) is 11.2 Å². The Morgan fingerprint density at radius 2 is 2.13 bits per heavy atom. The van der Waals surface area contributed by atoms with Crippen molar-refractivity contribution in [1.29, 1.82) is 0 Å². The standard InChI is InChI=1S/C10H9NO4/c1-6(13)9-3-7(4-10(14)15)2-8(5-12)11-9/h2-3,5H,4H2,1H3,(H,14,15). The second-order valence-corrected chi connectivity index (χ2v) is 3.03. The Labute approximate surface area is 85.8 Å². The quantitative estimate of drug-likeness (QED) is 0.581. The van der Waals surface area contributed by atoms with Gasteiger partial charge < -0.3 is 5.11 Å². The van der Waals surface area contributed by atoms with Crippen molar-refractivity contribution in [3.63, 3.8) is 0 Å². The van der Waals surface area contributed by atoms with E-state index in [0.717, 1.165) is 0 Å². The number of carboxylic acid groups (broad SMARTS) is 1. The Kier molecular flexibility index (Phi) is 3.28. The normalized spacial score (nSPS) is 9.67. The number of hydrogen-bond donors (Lipinski definition) is 1. The molecule has 0 atom stereocenters. The molecule has 0 unspecified atom stereocenters. The summed E-state index contributed by atoms with van der Waals surface area (Å²) in [5.74, 6) is -1.32. The van der Waals surface area contributed by atoms with Gasteiger partial charge in [-0.1, -0.05) is 0 Å². The minimum Gasteiger partial charge on any atom is -0.481 e. The van der Waals surface area contributed by atoms with Crippen molar-refractivity contribution in [2.24, 2.45) is 0 Å². The molecule has 0 spiro atoms. The van der Waals surface area contributed by atoms with E-state index in [0.29, 0.717) is 11.8 Å². The molecule has 0 amide bonds. The molecular weight excluding hydrogens is 198 g/mol. The molecule has 1 heterocycles. The predicted octanol–water partition coefficient (Wildman–Crippen LogP) is 0.724. The second kappa shape index (κ2) is 4.45. The molecule has 0 aliphatic rings. The van der Waals surface area contributed by atoms with Crippen LogP contribution in [0.2, 0.25) is 0 Å². The summed E-state index contributed by atoms with van der Waals surface area (Å²) in [5.41, 5.74) is 0.569. The van der Waals surface area contributed by atoms with E-state index in [1.807, 2.05) is 0 Å². The Morgan fingerprint density at radius 1 is 1.47 bits per heavy atom. The van der Waals surface area contributed by atoms with E-state index in [2.05, 4.69) is 4.98 Å². The maximum absolute atomic E-state index is 11.0. The molecule has 15 heavy (non-hydrogen) atoms. The van der Waals surface area contributed by atoms with E-state index >= 15 is 0 Å². The monoisotopic (exact) mass is 207 g/mol. The summed E-state index contributed by atoms with van der Waals surface area (Å²) in [5, 5.41) is 8.57. The van der Waals surface area contributed by atoms with E-state index in [1.165, 1.54) is 19.1 Å². The molecule has 0 aromatic carbocycles. The summed E-state index contributed by atoms with van der Waals surface area (Å²) < 4.78 is 0. The SMILES string of the molecule is CC(=O)c1cc(CC(=O)O)cc(C=O)n1. The fourth-order valence-corrected chi connectivity index (χ4v) is 1.13. The fraction of sp³-hybridized carbons (Fsp3) is 0.200. The molecule has 0 saturated carbocycles. The van der Waals surface area contributed by atoms with E-state index in [4.69, 9.17) is 5.11 Å². The highest BCUT2D eigenvalue weighted by atomic mass is 16.4. The molecule has 0 bridgehead atoms. The lowest BCUT2D eigenvalue weighted by atomic mass is 10.1. The first-order valence-corrected chi connectivity index (χ1v) is 4.22. The van der Waals surface area contributed by atoms with E-state index in [1.54, 1.807) is 0 Å². The lowest BCUT2D eigenvalue weighted by molar-refractivity contribution is -0.136. The zero-order valence-corrected chi connectivity index (χ0v) is 8.06. The van der Waals surface area contributed by atoms with Crippen molar-refractivity contribution >= 4 is 18.0 Å². The molecule has 1 N–H and O–H groups in total. The van der Waals surface area contributed by atoms with E-state index in [9.17, 15) is 14.4 Å². The third kappa shape index (κ3) is 2.98. The lowest BCUT2D eigenvalue weighted by Crippen LogP contribution is -2.06. The number of hydrogen-bond acceptors (Lipinski definition) is 4. The molecule has 0 aliphatic heterocycles. The molecule has 78 valence electrons. The lowest BCUT2D eigenvalue weighted by Gasteiger charge is -2.01. The minimum atomic E-state index is -1.02. The molecule has 5 heteroatoms. The molecule has 0 saturated heterocycles. The molecule has 0 fully saturated rings. The number of ketones is 1. The third-order valence-corrected chi connectivity index (χ3v) is 1.74. The summed E-state index contributed by atoms with van der Waals surface area (Å²) in [7, 11) is 0. The van der Waals surface area contributed by atoms with Crippen LogP contribution in [0.25, 0.3) is 0 Å². The van der Waals surface area contributed by atoms with Crippen LogP contribution in [0.1, 0.15) is 33.5 Å². The smallest absolute Gasteiger partial charge is 0.307 e. The van der Waals surface area contributed by atoms with Crippen LogP contribution in [0, 0.1) is 0 Å². The van der Waals surface area contributed by atoms with E-state index < -0.39 is 5.97 Å². The fourth-order valence-electron chi connectivity index (χ4n) is 1.13. The van der Waals surface area contributed by atoms with Gasteiger partial charge in [-0.05, 0) is 17.7 Å². The summed E-state index contributed by atoms with van der Waals surface area (Å²) in [4.78, 5) is 35.7. The Morgan fingerprint density at radius 3 is 2.60 bits per heavy atom. The zero-order chi connectivity index (χ0) is 11.4. The van der Waals surface area contributed by atoms with Crippen molar-refractivity contribution in [2.45, 2.75) is 13.3 Å². The Hall–Kier alpha value is -2.04. The van der Waals surface area contributed by atoms with Crippen LogP contribution in [-0.4, -0.2) is 28.1 Å². The molecule has 1 aromatic heterocycles. The average Bonchev–Trinajstić information content (AvgIpc) is 2.16. The topological polar surface area (TPSA) is 84.3 Å². The van der Waals surface area contributed by atoms with E-state index in [-0.39, 0.29) is 23.6 Å². The maximum atomic E-state index is 11.0. The number of aldehydes is 1. The van der Waals surface area contributed by atoms with Crippen LogP contribution in [0.5, 0.6) is 0 Å². The number of Topliss-reactive ketones (excluding diaryl/α,β-unsaturated/α-hetero) is 1. The molecular formula is C10H9NO4. The maximum Gasteiger partial charge on any atom is 0.307 e. The van der Waals surface area contributed by atoms with Gasteiger partial charge in [0.15, 0.2) is 12.1 Å². The van der Waals surface area contributed by atoms with Crippen molar-refractivity contribution in [3.05, 3.63) is 29.1 Å². The number of carboxylic acids is 1. The van der Waals surface area contributed by atoms with Gasteiger partial charge in [-0.15, -0.1) is 0 Å². The number of aliphatic carboxylic acids is 1. The first kappa shape index (κ1) is 11.0. The molecule has 0 aliphatic carbocycles. The molecule has 0 radical (unpaired) electrons. The minimum absolute atomic E-state index is 0.0685. The number of carbonyl (C=O) groups is 3. The molecule has 5 nitrogen and oxygen atoms in total. The largest absolute Gasteiger partial charge is 0.481 e. The number of pyridine rings is 1. The molecule has 1 rings (SSSR count). The summed E-state index contributed by atoms with van der Waals surface area (Å²) >= 11 is 0. The van der Waals surface area contributed by atoms with Gasteiger partial charge in [-0.2, -0.15) is 0 Å². The van der Waals surface area contributed by atoms with Crippen molar-refractivity contribution in [3.8, 4) is 0 Å². The average molecular weight is 207 g/mol. The third-order valence-electron chi connectivity index (χ3n) is 1.74. The van der Waals surface area contributed by atoms with Crippen LogP contribution < -0.4 is 0 Å². The van der Waals surface area contributed by atoms with Crippen molar-refractivity contribution in [1.82, 2.24) is 4.98 Å². The van der Waals surface area contributed by atoms with Gasteiger partial charge >= 0.3 is 5.97 Å². The highest BCUT2D eigenvalue weighted by Gasteiger charge is 2.08. The zero-order valence-electron chi connectivity index (χ0n) is 8.06. The van der Waals surface area contributed by atoms with Gasteiger partial charge in [-0.3, -0.25) is 14.4 Å². The second-order valence-electron chi connectivity index (χ2n) is 3.03. The van der Waals surface area contributed by atoms with Gasteiger partial charge in [0.1, 0.15) is 11.4 Å². The van der Waals surface area contributed by atoms with Gasteiger partial charge in [0, 0.05) is 6.92 Å². The predicted molar refractivity (Wildman–Crippen MR) is 51.0 cm³/mol. The van der Waals surface area contributed by atoms with Crippen LogP contribution in [0.4, 0.5) is 0 Å². The summed E-state index contributed by atoms with van der Waals surface area (Å²) in [6.45, 7) is 1.31. The van der Waals surface area contributed by atoms with Crippen LogP contribution >= 0.6 is 0 Å². The number of nitrogens with zero attached hydrogens (tertiary/aromatic N) is 1. The van der Waals surface area contributed by atoms with Gasteiger partial charge in [0.05, 0.1) is 6.42 Å². The van der Waals surface area contributed by atoms with Gasteiger partial charge in [0.2, 0.25) is 0 Å². The number of carbonyl (C=O) groups excluding carboxylic acids is 2. The first-order valence-electron chi connectivity index (χ1n) is 4.22. The van der Waals surface area contributed by atoms with Crippen LogP contribution in [0.15, 0.2) is 12.1 Å². The van der Waals surface area contributed by atoms with Crippen molar-refractivity contribution in [2.75, 3.05) is 0 Å². The summed E-state index contributed by atoms with van der Waals surface area (Å²) in [6, 6.07) is 2.73. The highest BCUT2D eigenvalue weighted by Crippen LogP contribution is 2.07. The van der Waals surface area contributed by atoms with Gasteiger partial charge in [-0.25, -0.2) is 4.98 Å². The van der Waals surface area contributed by atoms with Crippen molar-refractivity contribution < 1.29 is 19.5 Å². The number of aromatic nitrogens is 1. The Balaban J connectivity index is 3.16. The number of rotatable bonds is 4. The van der Waals surface area contributed by atoms with Gasteiger partial charge in [0.25, 0.3) is 0 Å². The Bertz CT molecular complexity index is 425. The molecule has 1 aromatic rings. The first-order chi connectivity index (χ1) is 7.02. The summed E-state index contributed by atoms with van der Waals surface area (Å²) in [6.07, 6.45) is 0.251. The van der Waals surface area contributed by atoms with Crippen LogP contribution in [0.3, 0.4) is 0 Å². The highest BCUT2D eigenvalue weighted by molar-refractivity contribution is 5.93.